The number of carbonyl (C=O) groups is 1. The number of carbonyl (C=O) groups excluding carboxylic acids is 1. The van der Waals surface area contributed by atoms with Crippen LogP contribution in [0.4, 0.5) is 5.69 Å². The lowest BCUT2D eigenvalue weighted by Gasteiger charge is -2.36. The molecular formula is C24H33N5O2. The molecule has 31 heavy (non-hydrogen) atoms. The first-order valence-corrected chi connectivity index (χ1v) is 10.7. The summed E-state index contributed by atoms with van der Waals surface area (Å²) in [7, 11) is 5.42. The van der Waals surface area contributed by atoms with Gasteiger partial charge in [0, 0.05) is 65.5 Å². The maximum absolute atomic E-state index is 12.6. The van der Waals surface area contributed by atoms with Crippen molar-refractivity contribution in [3.8, 4) is 5.75 Å². The highest BCUT2D eigenvalue weighted by atomic mass is 16.5. The van der Waals surface area contributed by atoms with Crippen LogP contribution in [0.15, 0.2) is 59.6 Å². The molecule has 2 aromatic rings. The Labute approximate surface area is 185 Å². The van der Waals surface area contributed by atoms with Crippen molar-refractivity contribution in [1.29, 1.82) is 0 Å². The van der Waals surface area contributed by atoms with E-state index >= 15 is 0 Å². The van der Waals surface area contributed by atoms with Crippen LogP contribution in [0.5, 0.6) is 5.75 Å². The molecular weight excluding hydrogens is 390 g/mol. The Hall–Kier alpha value is -3.22. The standard InChI is InChI=1S/C24H33N5O2/c1-25-24(27(2)19-20-9-11-22(31-3)12-10-20)26-14-13-23(30)29-17-15-28(16-18-29)21-7-5-4-6-8-21/h4-12H,13-19H2,1-3H3,(H,25,26). The van der Waals surface area contributed by atoms with Crippen molar-refractivity contribution in [3.05, 3.63) is 60.2 Å². The van der Waals surface area contributed by atoms with E-state index in [1.165, 1.54) is 11.3 Å². The average Bonchev–Trinajstić information content (AvgIpc) is 2.82. The van der Waals surface area contributed by atoms with Crippen LogP contribution in [0.1, 0.15) is 12.0 Å². The van der Waals surface area contributed by atoms with Gasteiger partial charge < -0.3 is 24.8 Å². The Morgan fingerprint density at radius 3 is 2.35 bits per heavy atom. The predicted molar refractivity (Wildman–Crippen MR) is 126 cm³/mol. The third-order valence-corrected chi connectivity index (χ3v) is 5.53. The molecule has 7 heteroatoms. The van der Waals surface area contributed by atoms with Gasteiger partial charge >= 0.3 is 0 Å². The Balaban J connectivity index is 1.40. The molecule has 1 saturated heterocycles. The van der Waals surface area contributed by atoms with E-state index in [0.29, 0.717) is 13.0 Å². The van der Waals surface area contributed by atoms with Crippen LogP contribution < -0.4 is 15.0 Å². The van der Waals surface area contributed by atoms with Gasteiger partial charge in [0.2, 0.25) is 5.91 Å². The zero-order valence-corrected chi connectivity index (χ0v) is 18.8. The Morgan fingerprint density at radius 2 is 1.74 bits per heavy atom. The van der Waals surface area contributed by atoms with E-state index in [-0.39, 0.29) is 5.91 Å². The Morgan fingerprint density at radius 1 is 1.06 bits per heavy atom. The fourth-order valence-corrected chi connectivity index (χ4v) is 3.76. The van der Waals surface area contributed by atoms with E-state index in [1.54, 1.807) is 14.2 Å². The van der Waals surface area contributed by atoms with Gasteiger partial charge in [-0.15, -0.1) is 0 Å². The summed E-state index contributed by atoms with van der Waals surface area (Å²) >= 11 is 0. The lowest BCUT2D eigenvalue weighted by molar-refractivity contribution is -0.131. The number of piperazine rings is 1. The lowest BCUT2D eigenvalue weighted by Crippen LogP contribution is -2.49. The van der Waals surface area contributed by atoms with Crippen molar-refractivity contribution in [3.63, 3.8) is 0 Å². The first kappa shape index (κ1) is 22.5. The summed E-state index contributed by atoms with van der Waals surface area (Å²) in [5, 5.41) is 3.31. The van der Waals surface area contributed by atoms with Gasteiger partial charge in [0.15, 0.2) is 5.96 Å². The zero-order chi connectivity index (χ0) is 22.1. The third kappa shape index (κ3) is 6.38. The normalized spacial score (nSPS) is 14.4. The second-order valence-corrected chi connectivity index (χ2v) is 7.63. The highest BCUT2D eigenvalue weighted by Gasteiger charge is 2.21. The molecule has 1 aliphatic heterocycles. The summed E-state index contributed by atoms with van der Waals surface area (Å²) in [5.41, 5.74) is 2.39. The topological polar surface area (TPSA) is 60.4 Å². The minimum atomic E-state index is 0.188. The number of nitrogens with zero attached hydrogens (tertiary/aromatic N) is 4. The van der Waals surface area contributed by atoms with Crippen molar-refractivity contribution >= 4 is 17.6 Å². The monoisotopic (exact) mass is 423 g/mol. The largest absolute Gasteiger partial charge is 0.497 e. The van der Waals surface area contributed by atoms with Gasteiger partial charge in [-0.2, -0.15) is 0 Å². The minimum Gasteiger partial charge on any atom is -0.497 e. The molecule has 166 valence electrons. The third-order valence-electron chi connectivity index (χ3n) is 5.53. The predicted octanol–water partition coefficient (Wildman–Crippen LogP) is 2.44. The summed E-state index contributed by atoms with van der Waals surface area (Å²) in [5.74, 6) is 1.81. The molecule has 0 aliphatic carbocycles. The molecule has 3 rings (SSSR count). The molecule has 0 aromatic heterocycles. The van der Waals surface area contributed by atoms with Crippen molar-refractivity contribution in [2.75, 3.05) is 58.8 Å². The summed E-state index contributed by atoms with van der Waals surface area (Å²) in [6.45, 7) is 4.56. The van der Waals surface area contributed by atoms with E-state index in [1.807, 2.05) is 47.2 Å². The molecule has 1 amide bonds. The molecule has 0 radical (unpaired) electrons. The molecule has 1 N–H and O–H groups in total. The zero-order valence-electron chi connectivity index (χ0n) is 18.8. The molecule has 1 fully saturated rings. The maximum atomic E-state index is 12.6. The van der Waals surface area contributed by atoms with Gasteiger partial charge in [-0.25, -0.2) is 0 Å². The molecule has 1 heterocycles. The molecule has 0 unspecified atom stereocenters. The SMILES string of the molecule is CN=C(NCCC(=O)N1CCN(c2ccccc2)CC1)N(C)Cc1ccc(OC)cc1. The van der Waals surface area contributed by atoms with E-state index in [0.717, 1.165) is 44.4 Å². The molecule has 0 bridgehead atoms. The van der Waals surface area contributed by atoms with Crippen LogP contribution in [0.3, 0.4) is 0 Å². The number of hydrogen-bond donors (Lipinski definition) is 1. The number of guanidine groups is 1. The van der Waals surface area contributed by atoms with Crippen LogP contribution in [0, 0.1) is 0 Å². The van der Waals surface area contributed by atoms with Crippen LogP contribution in [0.2, 0.25) is 0 Å². The average molecular weight is 424 g/mol. The molecule has 0 atom stereocenters. The maximum Gasteiger partial charge on any atom is 0.224 e. The highest BCUT2D eigenvalue weighted by Crippen LogP contribution is 2.16. The smallest absolute Gasteiger partial charge is 0.224 e. The first-order chi connectivity index (χ1) is 15.1. The van der Waals surface area contributed by atoms with Crippen LogP contribution in [-0.4, -0.2) is 75.6 Å². The molecule has 1 aliphatic rings. The van der Waals surface area contributed by atoms with Crippen LogP contribution in [0.25, 0.3) is 0 Å². The number of amides is 1. The van der Waals surface area contributed by atoms with Gasteiger partial charge in [-0.1, -0.05) is 30.3 Å². The first-order valence-electron chi connectivity index (χ1n) is 10.7. The number of hydrogen-bond acceptors (Lipinski definition) is 4. The fourth-order valence-electron chi connectivity index (χ4n) is 3.76. The summed E-state index contributed by atoms with van der Waals surface area (Å²) in [4.78, 5) is 23.3. The fraction of sp³-hybridized carbons (Fsp3) is 0.417. The summed E-state index contributed by atoms with van der Waals surface area (Å²) in [6, 6.07) is 18.4. The quantitative estimate of drug-likeness (QED) is 0.548. The van der Waals surface area contributed by atoms with Gasteiger partial charge in [-0.05, 0) is 29.8 Å². The lowest BCUT2D eigenvalue weighted by atomic mass is 10.2. The number of para-hydroxylation sites is 1. The van der Waals surface area contributed by atoms with Crippen molar-refractivity contribution in [2.24, 2.45) is 4.99 Å². The number of rotatable bonds is 7. The van der Waals surface area contributed by atoms with E-state index in [2.05, 4.69) is 39.5 Å². The van der Waals surface area contributed by atoms with Gasteiger partial charge in [0.25, 0.3) is 0 Å². The molecule has 0 saturated carbocycles. The van der Waals surface area contributed by atoms with Gasteiger partial charge in [0.05, 0.1) is 7.11 Å². The van der Waals surface area contributed by atoms with E-state index in [9.17, 15) is 4.79 Å². The number of methoxy groups -OCH3 is 1. The highest BCUT2D eigenvalue weighted by molar-refractivity contribution is 5.81. The second kappa shape index (κ2) is 11.2. The Bertz CT molecular complexity index is 846. The van der Waals surface area contributed by atoms with E-state index < -0.39 is 0 Å². The van der Waals surface area contributed by atoms with Gasteiger partial charge in [-0.3, -0.25) is 9.79 Å². The minimum absolute atomic E-state index is 0.188. The van der Waals surface area contributed by atoms with Gasteiger partial charge in [0.1, 0.15) is 5.75 Å². The Kier molecular flexibility index (Phi) is 8.15. The van der Waals surface area contributed by atoms with Crippen molar-refractivity contribution in [2.45, 2.75) is 13.0 Å². The number of benzene rings is 2. The number of nitrogens with one attached hydrogen (secondary N) is 1. The molecule has 0 spiro atoms. The van der Waals surface area contributed by atoms with E-state index in [4.69, 9.17) is 4.74 Å². The molecule has 2 aromatic carbocycles. The summed E-state index contributed by atoms with van der Waals surface area (Å²) < 4.78 is 5.21. The number of aliphatic imine (C=N–C) groups is 1. The van der Waals surface area contributed by atoms with Crippen LogP contribution in [-0.2, 0) is 11.3 Å². The molecule has 7 nitrogen and oxygen atoms in total. The van der Waals surface area contributed by atoms with Crippen molar-refractivity contribution in [1.82, 2.24) is 15.1 Å². The summed E-state index contributed by atoms with van der Waals surface area (Å²) in [6.07, 6.45) is 0.459. The number of anilines is 1. The van der Waals surface area contributed by atoms with Crippen LogP contribution >= 0.6 is 0 Å². The second-order valence-electron chi connectivity index (χ2n) is 7.63. The number of ether oxygens (including phenoxy) is 1. The van der Waals surface area contributed by atoms with Crippen molar-refractivity contribution < 1.29 is 9.53 Å².